The molecule has 0 saturated carbocycles. The highest BCUT2D eigenvalue weighted by Gasteiger charge is 2.32. The maximum atomic E-state index is 12.0. The topological polar surface area (TPSA) is 34.5 Å². The van der Waals surface area contributed by atoms with Crippen molar-refractivity contribution >= 4 is 29.3 Å². The Kier molecular flexibility index (Phi) is 4.76. The molecule has 1 aliphatic heterocycles. The lowest BCUT2D eigenvalue weighted by Crippen LogP contribution is -2.31. The number of benzene rings is 1. The summed E-state index contributed by atoms with van der Waals surface area (Å²) < 4.78 is 7.13. The third-order valence-corrected chi connectivity index (χ3v) is 5.10. The molecule has 6 heteroatoms. The first-order chi connectivity index (χ1) is 10.7. The van der Waals surface area contributed by atoms with Crippen molar-refractivity contribution in [3.8, 4) is 5.69 Å². The average Bonchev–Trinajstić information content (AvgIpc) is 3.12. The zero-order valence-corrected chi connectivity index (χ0v) is 13.8. The first-order valence-corrected chi connectivity index (χ1v) is 8.45. The van der Waals surface area contributed by atoms with E-state index in [0.29, 0.717) is 23.9 Å². The fourth-order valence-corrected chi connectivity index (χ4v) is 3.90. The van der Waals surface area contributed by atoms with E-state index in [9.17, 15) is 4.79 Å². The zero-order chi connectivity index (χ0) is 15.5. The van der Waals surface area contributed by atoms with Crippen LogP contribution >= 0.6 is 23.4 Å². The molecule has 2 aromatic rings. The zero-order valence-electron chi connectivity index (χ0n) is 12.2. The molecule has 2 heterocycles. The summed E-state index contributed by atoms with van der Waals surface area (Å²) in [5.74, 6) is 0.694. The number of rotatable bonds is 5. The molecule has 0 aliphatic carbocycles. The Balaban J connectivity index is 1.82. The number of halogens is 1. The van der Waals surface area contributed by atoms with E-state index in [4.69, 9.17) is 16.3 Å². The molecule has 1 atom stereocenters. The Morgan fingerprint density at radius 1 is 1.41 bits per heavy atom. The summed E-state index contributed by atoms with van der Waals surface area (Å²) in [5, 5.41) is 0.767. The fraction of sp³-hybridized carbons (Fsp3) is 0.312. The molecule has 1 fully saturated rings. The van der Waals surface area contributed by atoms with Gasteiger partial charge >= 0.3 is 0 Å². The van der Waals surface area contributed by atoms with E-state index < -0.39 is 0 Å². The number of amides is 1. The van der Waals surface area contributed by atoms with Crippen molar-refractivity contribution < 1.29 is 9.53 Å². The number of nitrogens with zero attached hydrogens (tertiary/aromatic N) is 2. The second kappa shape index (κ2) is 6.77. The summed E-state index contributed by atoms with van der Waals surface area (Å²) in [6.07, 6.45) is 4.06. The largest absolute Gasteiger partial charge is 0.383 e. The summed E-state index contributed by atoms with van der Waals surface area (Å²) in [6.45, 7) is 1.17. The molecule has 1 aromatic carbocycles. The highest BCUT2D eigenvalue weighted by atomic mass is 35.5. The predicted octanol–water partition coefficient (Wildman–Crippen LogP) is 3.35. The van der Waals surface area contributed by atoms with Crippen LogP contribution in [0.1, 0.15) is 10.9 Å². The predicted molar refractivity (Wildman–Crippen MR) is 89.6 cm³/mol. The standard InChI is InChI=1S/C16H17ClN2O2S/c1-21-8-7-19-15(20)11-22-16(19)12-5-6-18(10-12)14-4-2-3-13(17)9-14/h2-6,9-10,16H,7-8,11H2,1H3. The van der Waals surface area contributed by atoms with Crippen LogP contribution in [0.3, 0.4) is 0 Å². The number of aromatic nitrogens is 1. The number of thioether (sulfide) groups is 1. The van der Waals surface area contributed by atoms with Crippen LogP contribution in [0.15, 0.2) is 42.7 Å². The Morgan fingerprint density at radius 3 is 3.05 bits per heavy atom. The summed E-state index contributed by atoms with van der Waals surface area (Å²) in [5.41, 5.74) is 2.13. The molecule has 22 heavy (non-hydrogen) atoms. The molecular weight excluding hydrogens is 320 g/mol. The third kappa shape index (κ3) is 3.16. The maximum absolute atomic E-state index is 12.0. The molecule has 1 amide bonds. The highest BCUT2D eigenvalue weighted by molar-refractivity contribution is 8.00. The second-order valence-corrected chi connectivity index (χ2v) is 6.58. The van der Waals surface area contributed by atoms with Gasteiger partial charge in [-0.3, -0.25) is 4.79 Å². The van der Waals surface area contributed by atoms with Crippen molar-refractivity contribution in [3.63, 3.8) is 0 Å². The van der Waals surface area contributed by atoms with Crippen LogP contribution < -0.4 is 0 Å². The van der Waals surface area contributed by atoms with E-state index in [-0.39, 0.29) is 11.3 Å². The summed E-state index contributed by atoms with van der Waals surface area (Å²) in [7, 11) is 1.65. The Bertz CT molecular complexity index is 674. The van der Waals surface area contributed by atoms with Gasteiger partial charge < -0.3 is 14.2 Å². The van der Waals surface area contributed by atoms with Crippen LogP contribution in [0.4, 0.5) is 0 Å². The first kappa shape index (κ1) is 15.5. The molecule has 0 radical (unpaired) electrons. The second-order valence-electron chi connectivity index (χ2n) is 5.08. The lowest BCUT2D eigenvalue weighted by Gasteiger charge is -2.22. The minimum atomic E-state index is 0.0584. The van der Waals surface area contributed by atoms with Crippen LogP contribution in [0.25, 0.3) is 5.69 Å². The van der Waals surface area contributed by atoms with Crippen molar-refractivity contribution in [1.29, 1.82) is 0 Å². The van der Waals surface area contributed by atoms with Gasteiger partial charge in [0.2, 0.25) is 5.91 Å². The molecule has 0 N–H and O–H groups in total. The maximum Gasteiger partial charge on any atom is 0.233 e. The van der Waals surface area contributed by atoms with Gasteiger partial charge in [0.25, 0.3) is 0 Å². The normalized spacial score (nSPS) is 18.2. The number of carbonyl (C=O) groups is 1. The van der Waals surface area contributed by atoms with E-state index in [0.717, 1.165) is 11.3 Å². The summed E-state index contributed by atoms with van der Waals surface area (Å²) >= 11 is 7.70. The van der Waals surface area contributed by atoms with Gasteiger partial charge in [-0.15, -0.1) is 11.8 Å². The number of ether oxygens (including phenoxy) is 1. The van der Waals surface area contributed by atoms with Gasteiger partial charge in [0.05, 0.1) is 12.4 Å². The smallest absolute Gasteiger partial charge is 0.233 e. The third-order valence-electron chi connectivity index (χ3n) is 3.61. The van der Waals surface area contributed by atoms with Crippen molar-refractivity contribution in [2.24, 2.45) is 0 Å². The van der Waals surface area contributed by atoms with Crippen LogP contribution in [0.5, 0.6) is 0 Å². The molecule has 0 bridgehead atoms. The molecule has 4 nitrogen and oxygen atoms in total. The van der Waals surface area contributed by atoms with Gasteiger partial charge in [-0.25, -0.2) is 0 Å². The summed E-state index contributed by atoms with van der Waals surface area (Å²) in [4.78, 5) is 13.9. The van der Waals surface area contributed by atoms with Crippen molar-refractivity contribution in [2.75, 3.05) is 26.0 Å². The molecule has 116 valence electrons. The molecule has 0 spiro atoms. The van der Waals surface area contributed by atoms with E-state index >= 15 is 0 Å². The van der Waals surface area contributed by atoms with Gasteiger partial charge in [0.1, 0.15) is 5.37 Å². The van der Waals surface area contributed by atoms with Gasteiger partial charge in [0.15, 0.2) is 0 Å². The molecule has 3 rings (SSSR count). The highest BCUT2D eigenvalue weighted by Crippen LogP contribution is 2.38. The van der Waals surface area contributed by atoms with Gasteiger partial charge in [-0.05, 0) is 24.3 Å². The minimum Gasteiger partial charge on any atom is -0.383 e. The SMILES string of the molecule is COCCN1C(=O)CSC1c1ccn(-c2cccc(Cl)c2)c1. The Hall–Kier alpha value is -1.43. The Morgan fingerprint density at radius 2 is 2.27 bits per heavy atom. The van der Waals surface area contributed by atoms with E-state index in [1.807, 2.05) is 39.9 Å². The molecule has 1 saturated heterocycles. The number of hydrogen-bond acceptors (Lipinski definition) is 3. The van der Waals surface area contributed by atoms with Gasteiger partial charge in [0, 0.05) is 42.3 Å². The minimum absolute atomic E-state index is 0.0584. The quantitative estimate of drug-likeness (QED) is 0.839. The number of hydrogen-bond donors (Lipinski definition) is 0. The number of carbonyl (C=O) groups excluding carboxylic acids is 1. The lowest BCUT2D eigenvalue weighted by molar-refractivity contribution is -0.128. The number of methoxy groups -OCH3 is 1. The van der Waals surface area contributed by atoms with Crippen molar-refractivity contribution in [3.05, 3.63) is 53.3 Å². The van der Waals surface area contributed by atoms with E-state index in [1.165, 1.54) is 0 Å². The molecule has 1 unspecified atom stereocenters. The van der Waals surface area contributed by atoms with Crippen molar-refractivity contribution in [1.82, 2.24) is 9.47 Å². The molecular formula is C16H17ClN2O2S. The van der Waals surface area contributed by atoms with Gasteiger partial charge in [-0.2, -0.15) is 0 Å². The van der Waals surface area contributed by atoms with Crippen molar-refractivity contribution in [2.45, 2.75) is 5.37 Å². The van der Waals surface area contributed by atoms with Crippen LogP contribution in [0.2, 0.25) is 5.02 Å². The van der Waals surface area contributed by atoms with Crippen LogP contribution in [-0.2, 0) is 9.53 Å². The average molecular weight is 337 g/mol. The Labute approximate surface area is 139 Å². The molecule has 1 aromatic heterocycles. The monoisotopic (exact) mass is 336 g/mol. The fourth-order valence-electron chi connectivity index (χ4n) is 2.52. The first-order valence-electron chi connectivity index (χ1n) is 7.03. The van der Waals surface area contributed by atoms with Gasteiger partial charge in [-0.1, -0.05) is 17.7 Å². The van der Waals surface area contributed by atoms with Crippen LogP contribution in [-0.4, -0.2) is 41.4 Å². The van der Waals surface area contributed by atoms with Crippen LogP contribution in [0, 0.1) is 0 Å². The van der Waals surface area contributed by atoms with E-state index in [2.05, 4.69) is 12.3 Å². The lowest BCUT2D eigenvalue weighted by atomic mass is 10.3. The van der Waals surface area contributed by atoms with E-state index in [1.54, 1.807) is 18.9 Å². The molecule has 1 aliphatic rings. The summed E-state index contributed by atoms with van der Waals surface area (Å²) in [6, 6.07) is 9.76.